The summed E-state index contributed by atoms with van der Waals surface area (Å²) in [5.41, 5.74) is 1.36. The summed E-state index contributed by atoms with van der Waals surface area (Å²) >= 11 is 0. The van der Waals surface area contributed by atoms with Gasteiger partial charge in [-0.3, -0.25) is 0 Å². The largest absolute Gasteiger partial charge is 0.423 e. The summed E-state index contributed by atoms with van der Waals surface area (Å²) in [5, 5.41) is 0. The van der Waals surface area contributed by atoms with Gasteiger partial charge in [0, 0.05) is 5.56 Å². The summed E-state index contributed by atoms with van der Waals surface area (Å²) in [5.74, 6) is 5.87. The lowest BCUT2D eigenvalue weighted by atomic mass is 10.2. The summed E-state index contributed by atoms with van der Waals surface area (Å²) in [4.78, 5) is 11.8. The van der Waals surface area contributed by atoms with E-state index in [1.54, 1.807) is 43.3 Å². The first-order valence-corrected chi connectivity index (χ1v) is 5.59. The van der Waals surface area contributed by atoms with Crippen molar-refractivity contribution in [1.82, 2.24) is 0 Å². The molecule has 0 atom stereocenters. The Labute approximate surface area is 106 Å². The fraction of sp³-hybridized carbons (Fsp3) is 0.0625. The van der Waals surface area contributed by atoms with Gasteiger partial charge in [-0.05, 0) is 37.3 Å². The van der Waals surface area contributed by atoms with E-state index in [4.69, 9.17) is 4.74 Å². The van der Waals surface area contributed by atoms with Crippen molar-refractivity contribution in [2.24, 2.45) is 0 Å². The standard InChI is InChI=1S/C16H12O2/c1-2-7-13-8-6-11-15(12-13)18-16(17)14-9-4-3-5-10-14/h3-6,8-12H,1H3. The van der Waals surface area contributed by atoms with Gasteiger partial charge in [0.25, 0.3) is 0 Å². The predicted octanol–water partition coefficient (Wildman–Crippen LogP) is 3.28. The number of hydrogen-bond donors (Lipinski definition) is 0. The molecule has 2 aromatic carbocycles. The molecule has 0 amide bonds. The number of hydrogen-bond acceptors (Lipinski definition) is 2. The third-order valence-corrected chi connectivity index (χ3v) is 2.32. The molecule has 0 aromatic heterocycles. The molecule has 18 heavy (non-hydrogen) atoms. The van der Waals surface area contributed by atoms with E-state index in [2.05, 4.69) is 11.8 Å². The number of carbonyl (C=O) groups excluding carboxylic acids is 1. The molecular formula is C16H12O2. The minimum Gasteiger partial charge on any atom is -0.423 e. The molecular weight excluding hydrogens is 224 g/mol. The first-order valence-electron chi connectivity index (χ1n) is 5.59. The molecule has 0 N–H and O–H groups in total. The zero-order valence-corrected chi connectivity index (χ0v) is 10.0. The molecule has 0 aliphatic rings. The Morgan fingerprint density at radius 1 is 1.06 bits per heavy atom. The van der Waals surface area contributed by atoms with Crippen LogP contribution in [-0.4, -0.2) is 5.97 Å². The van der Waals surface area contributed by atoms with Crippen LogP contribution in [0.15, 0.2) is 54.6 Å². The maximum Gasteiger partial charge on any atom is 0.343 e. The lowest BCUT2D eigenvalue weighted by Gasteiger charge is -2.04. The van der Waals surface area contributed by atoms with E-state index in [9.17, 15) is 4.79 Å². The van der Waals surface area contributed by atoms with E-state index in [-0.39, 0.29) is 5.97 Å². The van der Waals surface area contributed by atoms with E-state index in [0.29, 0.717) is 11.3 Å². The minimum absolute atomic E-state index is 0.364. The Morgan fingerprint density at radius 3 is 2.56 bits per heavy atom. The van der Waals surface area contributed by atoms with Gasteiger partial charge in [-0.25, -0.2) is 4.79 Å². The van der Waals surface area contributed by atoms with Gasteiger partial charge in [-0.1, -0.05) is 30.2 Å². The first-order chi connectivity index (χ1) is 8.79. The third-order valence-electron chi connectivity index (χ3n) is 2.32. The Bertz CT molecular complexity index is 604. The van der Waals surface area contributed by atoms with Gasteiger partial charge in [-0.2, -0.15) is 0 Å². The van der Waals surface area contributed by atoms with Gasteiger partial charge in [0.1, 0.15) is 5.75 Å². The van der Waals surface area contributed by atoms with Crippen molar-refractivity contribution in [3.8, 4) is 17.6 Å². The second kappa shape index (κ2) is 5.70. The van der Waals surface area contributed by atoms with Crippen molar-refractivity contribution in [1.29, 1.82) is 0 Å². The van der Waals surface area contributed by atoms with E-state index >= 15 is 0 Å². The number of esters is 1. The average molecular weight is 236 g/mol. The number of rotatable bonds is 2. The van der Waals surface area contributed by atoms with Gasteiger partial charge < -0.3 is 4.74 Å². The molecule has 0 saturated heterocycles. The number of ether oxygens (including phenoxy) is 1. The molecule has 2 heteroatoms. The van der Waals surface area contributed by atoms with Crippen LogP contribution < -0.4 is 4.74 Å². The molecule has 2 nitrogen and oxygen atoms in total. The van der Waals surface area contributed by atoms with Crippen molar-refractivity contribution < 1.29 is 9.53 Å². The van der Waals surface area contributed by atoms with Crippen LogP contribution in [0, 0.1) is 11.8 Å². The summed E-state index contributed by atoms with van der Waals surface area (Å²) in [6.07, 6.45) is 0. The molecule has 0 saturated carbocycles. The highest BCUT2D eigenvalue weighted by Crippen LogP contribution is 2.14. The lowest BCUT2D eigenvalue weighted by Crippen LogP contribution is -2.08. The zero-order chi connectivity index (χ0) is 12.8. The van der Waals surface area contributed by atoms with Gasteiger partial charge in [-0.15, -0.1) is 5.92 Å². The molecule has 2 aromatic rings. The average Bonchev–Trinajstić information content (AvgIpc) is 2.40. The molecule has 0 radical (unpaired) electrons. The summed E-state index contributed by atoms with van der Waals surface area (Å²) in [6.45, 7) is 1.77. The van der Waals surface area contributed by atoms with Crippen molar-refractivity contribution in [3.05, 3.63) is 65.7 Å². The van der Waals surface area contributed by atoms with Crippen LogP contribution in [0.25, 0.3) is 0 Å². The number of benzene rings is 2. The summed E-state index contributed by atoms with van der Waals surface area (Å²) < 4.78 is 5.28. The Morgan fingerprint density at radius 2 is 1.83 bits per heavy atom. The maximum atomic E-state index is 11.8. The molecule has 0 bridgehead atoms. The highest BCUT2D eigenvalue weighted by molar-refractivity contribution is 5.90. The summed E-state index contributed by atoms with van der Waals surface area (Å²) in [6, 6.07) is 16.1. The molecule has 0 spiro atoms. The molecule has 0 aliphatic carbocycles. The highest BCUT2D eigenvalue weighted by Gasteiger charge is 2.07. The van der Waals surface area contributed by atoms with Crippen molar-refractivity contribution in [2.45, 2.75) is 6.92 Å². The molecule has 88 valence electrons. The van der Waals surface area contributed by atoms with Crippen LogP contribution >= 0.6 is 0 Å². The van der Waals surface area contributed by atoms with Crippen molar-refractivity contribution in [2.75, 3.05) is 0 Å². The monoisotopic (exact) mass is 236 g/mol. The van der Waals surface area contributed by atoms with Crippen LogP contribution in [0.3, 0.4) is 0 Å². The van der Waals surface area contributed by atoms with Crippen molar-refractivity contribution in [3.63, 3.8) is 0 Å². The number of carbonyl (C=O) groups is 1. The van der Waals surface area contributed by atoms with Crippen LogP contribution in [0.1, 0.15) is 22.8 Å². The van der Waals surface area contributed by atoms with Gasteiger partial charge >= 0.3 is 5.97 Å². The van der Waals surface area contributed by atoms with E-state index in [1.807, 2.05) is 18.2 Å². The lowest BCUT2D eigenvalue weighted by molar-refractivity contribution is 0.0735. The molecule has 0 aliphatic heterocycles. The van der Waals surface area contributed by atoms with Crippen LogP contribution in [-0.2, 0) is 0 Å². The van der Waals surface area contributed by atoms with Crippen molar-refractivity contribution >= 4 is 5.97 Å². The first kappa shape index (κ1) is 11.9. The quantitative estimate of drug-likeness (QED) is 0.454. The Balaban J connectivity index is 2.16. The second-order valence-electron chi connectivity index (χ2n) is 3.66. The van der Waals surface area contributed by atoms with Gasteiger partial charge in [0.15, 0.2) is 0 Å². The van der Waals surface area contributed by atoms with E-state index in [1.165, 1.54) is 0 Å². The van der Waals surface area contributed by atoms with Gasteiger partial charge in [0.05, 0.1) is 5.56 Å². The maximum absolute atomic E-state index is 11.8. The minimum atomic E-state index is -0.364. The van der Waals surface area contributed by atoms with Crippen LogP contribution in [0.2, 0.25) is 0 Å². The third kappa shape index (κ3) is 2.99. The summed E-state index contributed by atoms with van der Waals surface area (Å²) in [7, 11) is 0. The van der Waals surface area contributed by atoms with Gasteiger partial charge in [0.2, 0.25) is 0 Å². The second-order valence-corrected chi connectivity index (χ2v) is 3.66. The Kier molecular flexibility index (Phi) is 3.78. The highest BCUT2D eigenvalue weighted by atomic mass is 16.5. The predicted molar refractivity (Wildman–Crippen MR) is 70.4 cm³/mol. The topological polar surface area (TPSA) is 26.3 Å². The molecule has 0 heterocycles. The van der Waals surface area contributed by atoms with E-state index < -0.39 is 0 Å². The normalized spacial score (nSPS) is 9.17. The Hall–Kier alpha value is -2.53. The molecule has 0 unspecified atom stereocenters. The SMILES string of the molecule is CC#Cc1cccc(OC(=O)c2ccccc2)c1. The zero-order valence-electron chi connectivity index (χ0n) is 10.0. The fourth-order valence-electron chi connectivity index (χ4n) is 1.52. The van der Waals surface area contributed by atoms with E-state index in [0.717, 1.165) is 5.56 Å². The van der Waals surface area contributed by atoms with Crippen LogP contribution in [0.5, 0.6) is 5.75 Å². The van der Waals surface area contributed by atoms with Crippen LogP contribution in [0.4, 0.5) is 0 Å². The smallest absolute Gasteiger partial charge is 0.343 e. The fourth-order valence-corrected chi connectivity index (χ4v) is 1.52. The molecule has 2 rings (SSSR count). The molecule has 0 fully saturated rings.